The van der Waals surface area contributed by atoms with E-state index in [4.69, 9.17) is 4.42 Å². The van der Waals surface area contributed by atoms with Crippen molar-refractivity contribution in [2.24, 2.45) is 0 Å². The van der Waals surface area contributed by atoms with E-state index in [0.29, 0.717) is 37.4 Å². The van der Waals surface area contributed by atoms with Crippen molar-refractivity contribution in [3.63, 3.8) is 0 Å². The van der Waals surface area contributed by atoms with Crippen molar-refractivity contribution in [1.82, 2.24) is 14.7 Å². The van der Waals surface area contributed by atoms with Gasteiger partial charge in [-0.25, -0.2) is 4.68 Å². The van der Waals surface area contributed by atoms with E-state index >= 15 is 0 Å². The minimum absolute atomic E-state index is 0.0175. The van der Waals surface area contributed by atoms with Crippen molar-refractivity contribution in [2.45, 2.75) is 38.6 Å². The lowest BCUT2D eigenvalue weighted by molar-refractivity contribution is -0.133. The fourth-order valence-electron chi connectivity index (χ4n) is 3.84. The number of amides is 1. The summed E-state index contributed by atoms with van der Waals surface area (Å²) < 4.78 is 6.94. The molecule has 1 aromatic carbocycles. The van der Waals surface area contributed by atoms with Crippen LogP contribution in [0.25, 0.3) is 11.5 Å². The van der Waals surface area contributed by atoms with Crippen LogP contribution in [-0.2, 0) is 4.79 Å². The highest BCUT2D eigenvalue weighted by atomic mass is 16.3. The van der Waals surface area contributed by atoms with E-state index in [-0.39, 0.29) is 23.4 Å². The largest absolute Gasteiger partial charge is 0.463 e. The van der Waals surface area contributed by atoms with Gasteiger partial charge in [-0.1, -0.05) is 29.8 Å². The number of carbonyl (C=O) groups excluding carboxylic acids is 1. The van der Waals surface area contributed by atoms with Crippen LogP contribution in [0.15, 0.2) is 64.0 Å². The van der Waals surface area contributed by atoms with Gasteiger partial charge in [-0.05, 0) is 50.5 Å². The van der Waals surface area contributed by atoms with Crippen molar-refractivity contribution >= 4 is 5.91 Å². The van der Waals surface area contributed by atoms with Crippen LogP contribution in [-0.4, -0.2) is 33.7 Å². The summed E-state index contributed by atoms with van der Waals surface area (Å²) in [5.74, 6) is 0.602. The smallest absolute Gasteiger partial charge is 0.267 e. The average molecular weight is 391 g/mol. The second kappa shape index (κ2) is 8.07. The van der Waals surface area contributed by atoms with Crippen LogP contribution in [0, 0.1) is 6.92 Å². The maximum absolute atomic E-state index is 12.9. The van der Waals surface area contributed by atoms with Gasteiger partial charge in [-0.15, -0.1) is 0 Å². The first-order valence-electron chi connectivity index (χ1n) is 10.0. The minimum atomic E-state index is -0.171. The molecule has 1 amide bonds. The predicted octanol–water partition coefficient (Wildman–Crippen LogP) is 3.78. The molecule has 0 radical (unpaired) electrons. The van der Waals surface area contributed by atoms with Gasteiger partial charge in [-0.2, -0.15) is 5.10 Å². The summed E-state index contributed by atoms with van der Waals surface area (Å²) in [6.07, 6.45) is 3.01. The number of hydrogen-bond acceptors (Lipinski definition) is 4. The number of hydrogen-bond donors (Lipinski definition) is 0. The lowest BCUT2D eigenvalue weighted by Crippen LogP contribution is -2.42. The lowest BCUT2D eigenvalue weighted by atomic mass is 9.96. The number of rotatable bonds is 4. The van der Waals surface area contributed by atoms with Gasteiger partial charge in [0.15, 0.2) is 5.76 Å². The number of carbonyl (C=O) groups is 1. The first kappa shape index (κ1) is 19.2. The molecule has 3 heterocycles. The Labute approximate surface area is 169 Å². The zero-order valence-electron chi connectivity index (χ0n) is 16.7. The molecule has 29 heavy (non-hydrogen) atoms. The molecular formula is C23H25N3O3. The van der Waals surface area contributed by atoms with Crippen molar-refractivity contribution in [1.29, 1.82) is 0 Å². The quantitative estimate of drug-likeness (QED) is 0.679. The molecule has 0 aliphatic carbocycles. The Morgan fingerprint density at radius 2 is 1.83 bits per heavy atom. The Balaban J connectivity index is 1.44. The van der Waals surface area contributed by atoms with Gasteiger partial charge in [0.25, 0.3) is 5.56 Å². The van der Waals surface area contributed by atoms with Crippen LogP contribution in [0.2, 0.25) is 0 Å². The number of benzene rings is 1. The molecule has 0 saturated carbocycles. The molecule has 3 aromatic rings. The molecule has 2 aromatic heterocycles. The second-order valence-electron chi connectivity index (χ2n) is 7.67. The molecule has 1 saturated heterocycles. The predicted molar refractivity (Wildman–Crippen MR) is 111 cm³/mol. The zero-order valence-corrected chi connectivity index (χ0v) is 16.7. The van der Waals surface area contributed by atoms with Gasteiger partial charge in [0, 0.05) is 19.2 Å². The van der Waals surface area contributed by atoms with Gasteiger partial charge in [-0.3, -0.25) is 9.59 Å². The standard InChI is InChI=1S/C23H25N3O3/c1-16-5-7-18(8-6-16)17(2)23(28)25-13-11-19(12-14-25)26-22(27)10-9-20(24-26)21-4-3-15-29-21/h3-10,15,17,19H,11-14H2,1-2H3. The summed E-state index contributed by atoms with van der Waals surface area (Å²) >= 11 is 0. The maximum Gasteiger partial charge on any atom is 0.267 e. The van der Waals surface area contributed by atoms with Gasteiger partial charge in [0.05, 0.1) is 18.2 Å². The third kappa shape index (κ3) is 4.01. The number of aryl methyl sites for hydroxylation is 1. The molecule has 1 aliphatic heterocycles. The number of nitrogens with zero attached hydrogens (tertiary/aromatic N) is 3. The van der Waals surface area contributed by atoms with E-state index in [1.807, 2.05) is 49.1 Å². The lowest BCUT2D eigenvalue weighted by Gasteiger charge is -2.34. The summed E-state index contributed by atoms with van der Waals surface area (Å²) in [5.41, 5.74) is 2.73. The Morgan fingerprint density at radius 1 is 1.10 bits per heavy atom. The summed E-state index contributed by atoms with van der Waals surface area (Å²) in [7, 11) is 0. The maximum atomic E-state index is 12.9. The summed E-state index contributed by atoms with van der Waals surface area (Å²) in [6, 6.07) is 14.9. The van der Waals surface area contributed by atoms with E-state index in [1.165, 1.54) is 11.6 Å². The van der Waals surface area contributed by atoms with Gasteiger partial charge >= 0.3 is 0 Å². The van der Waals surface area contributed by atoms with Crippen molar-refractivity contribution in [2.75, 3.05) is 13.1 Å². The third-order valence-corrected chi connectivity index (χ3v) is 5.67. The van der Waals surface area contributed by atoms with Crippen LogP contribution in [0.1, 0.15) is 42.9 Å². The van der Waals surface area contributed by atoms with Gasteiger partial charge < -0.3 is 9.32 Å². The van der Waals surface area contributed by atoms with Crippen molar-refractivity contribution in [3.8, 4) is 11.5 Å². The Bertz CT molecular complexity index is 1030. The number of piperidine rings is 1. The fraction of sp³-hybridized carbons (Fsp3) is 0.348. The monoisotopic (exact) mass is 391 g/mol. The van der Waals surface area contributed by atoms with Crippen LogP contribution in [0.3, 0.4) is 0 Å². The first-order chi connectivity index (χ1) is 14.0. The van der Waals surface area contributed by atoms with Gasteiger partial charge in [0.2, 0.25) is 5.91 Å². The molecule has 6 nitrogen and oxygen atoms in total. The van der Waals surface area contributed by atoms with Crippen LogP contribution >= 0.6 is 0 Å². The van der Waals surface area contributed by atoms with E-state index in [1.54, 1.807) is 23.1 Å². The van der Waals surface area contributed by atoms with E-state index in [0.717, 1.165) is 5.56 Å². The highest BCUT2D eigenvalue weighted by Gasteiger charge is 2.28. The molecule has 1 atom stereocenters. The topological polar surface area (TPSA) is 68.3 Å². The first-order valence-corrected chi connectivity index (χ1v) is 10.0. The van der Waals surface area contributed by atoms with Crippen LogP contribution in [0.4, 0.5) is 0 Å². The minimum Gasteiger partial charge on any atom is -0.463 e. The summed E-state index contributed by atoms with van der Waals surface area (Å²) in [5, 5.41) is 4.51. The SMILES string of the molecule is Cc1ccc(C(C)C(=O)N2CCC(n3nc(-c4ccco4)ccc3=O)CC2)cc1. The molecule has 1 fully saturated rings. The molecular weight excluding hydrogens is 366 g/mol. The molecule has 0 spiro atoms. The van der Waals surface area contributed by atoms with E-state index in [9.17, 15) is 9.59 Å². The fourth-order valence-corrected chi connectivity index (χ4v) is 3.84. The normalized spacial score (nSPS) is 16.0. The Kier molecular flexibility index (Phi) is 5.34. The summed E-state index contributed by atoms with van der Waals surface area (Å²) in [6.45, 7) is 5.24. The molecule has 150 valence electrons. The van der Waals surface area contributed by atoms with Crippen molar-refractivity contribution in [3.05, 3.63) is 76.3 Å². The Hall–Kier alpha value is -3.15. The average Bonchev–Trinajstić information content (AvgIpc) is 3.29. The summed E-state index contributed by atoms with van der Waals surface area (Å²) in [4.78, 5) is 27.2. The van der Waals surface area contributed by atoms with Crippen LogP contribution < -0.4 is 5.56 Å². The van der Waals surface area contributed by atoms with Gasteiger partial charge in [0.1, 0.15) is 5.69 Å². The molecule has 1 unspecified atom stereocenters. The van der Waals surface area contributed by atoms with Crippen molar-refractivity contribution < 1.29 is 9.21 Å². The van der Waals surface area contributed by atoms with E-state index in [2.05, 4.69) is 5.10 Å². The van der Waals surface area contributed by atoms with E-state index < -0.39 is 0 Å². The second-order valence-corrected chi connectivity index (χ2v) is 7.67. The molecule has 4 rings (SSSR count). The zero-order chi connectivity index (χ0) is 20.4. The third-order valence-electron chi connectivity index (χ3n) is 5.67. The van der Waals surface area contributed by atoms with Crippen LogP contribution in [0.5, 0.6) is 0 Å². The molecule has 1 aliphatic rings. The molecule has 0 bridgehead atoms. The number of aromatic nitrogens is 2. The Morgan fingerprint density at radius 3 is 2.48 bits per heavy atom. The highest BCUT2D eigenvalue weighted by molar-refractivity contribution is 5.83. The highest BCUT2D eigenvalue weighted by Crippen LogP contribution is 2.26. The number of furan rings is 1. The molecule has 6 heteroatoms. The molecule has 0 N–H and O–H groups in total. The number of likely N-dealkylation sites (tertiary alicyclic amines) is 1.